The Morgan fingerprint density at radius 1 is 0.929 bits per heavy atom. The molecule has 28 heavy (non-hydrogen) atoms. The van der Waals surface area contributed by atoms with Crippen LogP contribution < -0.4 is 15.4 Å². The molecule has 0 bridgehead atoms. The van der Waals surface area contributed by atoms with E-state index in [0.717, 1.165) is 31.0 Å². The highest BCUT2D eigenvalue weighted by atomic mass is 16.5. The molecular formula is C23H25N3O2. The molecular weight excluding hydrogens is 350 g/mol. The molecule has 2 N–H and O–H groups in total. The smallest absolute Gasteiger partial charge is 0.227 e. The lowest BCUT2D eigenvalue weighted by molar-refractivity contribution is -0.116. The van der Waals surface area contributed by atoms with Gasteiger partial charge in [-0.25, -0.2) is 4.98 Å². The van der Waals surface area contributed by atoms with Crippen LogP contribution in [0.3, 0.4) is 0 Å². The van der Waals surface area contributed by atoms with Crippen molar-refractivity contribution in [3.05, 3.63) is 84.6 Å². The van der Waals surface area contributed by atoms with Crippen molar-refractivity contribution in [2.75, 3.05) is 23.8 Å². The molecule has 5 nitrogen and oxygen atoms in total. The van der Waals surface area contributed by atoms with E-state index in [1.807, 2.05) is 48.5 Å². The largest absolute Gasteiger partial charge is 0.493 e. The summed E-state index contributed by atoms with van der Waals surface area (Å²) in [5.41, 5.74) is 2.02. The monoisotopic (exact) mass is 375 g/mol. The van der Waals surface area contributed by atoms with Crippen LogP contribution >= 0.6 is 0 Å². The van der Waals surface area contributed by atoms with Crippen molar-refractivity contribution < 1.29 is 9.53 Å². The average molecular weight is 375 g/mol. The van der Waals surface area contributed by atoms with Crippen molar-refractivity contribution in [3.63, 3.8) is 0 Å². The number of benzene rings is 2. The first-order chi connectivity index (χ1) is 13.8. The van der Waals surface area contributed by atoms with Crippen LogP contribution in [0.15, 0.2) is 79.0 Å². The Morgan fingerprint density at radius 2 is 1.68 bits per heavy atom. The fourth-order valence-corrected chi connectivity index (χ4v) is 2.73. The minimum absolute atomic E-state index is 0.0960. The maximum absolute atomic E-state index is 12.0. The summed E-state index contributed by atoms with van der Waals surface area (Å²) in [6.07, 6.45) is 4.02. The van der Waals surface area contributed by atoms with Gasteiger partial charge in [-0.2, -0.15) is 0 Å². The van der Waals surface area contributed by atoms with Crippen LogP contribution in [0.4, 0.5) is 11.5 Å². The number of nitrogens with zero attached hydrogens (tertiary/aromatic N) is 1. The van der Waals surface area contributed by atoms with Crippen molar-refractivity contribution >= 4 is 17.4 Å². The molecule has 144 valence electrons. The van der Waals surface area contributed by atoms with Crippen LogP contribution in [-0.2, 0) is 11.2 Å². The second kappa shape index (κ2) is 10.7. The highest BCUT2D eigenvalue weighted by Gasteiger charge is 2.04. The molecule has 0 saturated heterocycles. The van der Waals surface area contributed by atoms with Gasteiger partial charge < -0.3 is 15.4 Å². The number of para-hydroxylation sites is 1. The molecule has 3 rings (SSSR count). The van der Waals surface area contributed by atoms with Gasteiger partial charge in [0.15, 0.2) is 0 Å². The van der Waals surface area contributed by atoms with Crippen molar-refractivity contribution in [2.24, 2.45) is 0 Å². The summed E-state index contributed by atoms with van der Waals surface area (Å²) in [6, 6.07) is 23.6. The van der Waals surface area contributed by atoms with E-state index < -0.39 is 0 Å². The molecule has 0 aliphatic heterocycles. The number of hydrogen-bond donors (Lipinski definition) is 2. The third-order valence-corrected chi connectivity index (χ3v) is 4.18. The van der Waals surface area contributed by atoms with Gasteiger partial charge >= 0.3 is 0 Å². The summed E-state index contributed by atoms with van der Waals surface area (Å²) in [5.74, 6) is 1.47. The minimum Gasteiger partial charge on any atom is -0.493 e. The van der Waals surface area contributed by atoms with Crippen LogP contribution in [-0.4, -0.2) is 24.0 Å². The minimum atomic E-state index is -0.0960. The number of anilines is 2. The van der Waals surface area contributed by atoms with Crippen LogP contribution in [0.1, 0.15) is 18.4 Å². The van der Waals surface area contributed by atoms with Crippen molar-refractivity contribution in [3.8, 4) is 5.75 Å². The fourth-order valence-electron chi connectivity index (χ4n) is 2.73. The molecule has 3 aromatic rings. The molecule has 0 fully saturated rings. The topological polar surface area (TPSA) is 63.2 Å². The third-order valence-electron chi connectivity index (χ3n) is 4.18. The van der Waals surface area contributed by atoms with Gasteiger partial charge in [-0.3, -0.25) is 4.79 Å². The Hall–Kier alpha value is -3.34. The van der Waals surface area contributed by atoms with Gasteiger partial charge in [0.25, 0.3) is 0 Å². The number of pyridine rings is 1. The lowest BCUT2D eigenvalue weighted by Gasteiger charge is -2.09. The Labute approximate surface area is 165 Å². The molecule has 0 spiro atoms. The van der Waals surface area contributed by atoms with Gasteiger partial charge in [0.2, 0.25) is 5.91 Å². The van der Waals surface area contributed by atoms with E-state index in [4.69, 9.17) is 4.74 Å². The summed E-state index contributed by atoms with van der Waals surface area (Å²) in [4.78, 5) is 16.3. The standard InChI is InChI=1S/C23H25N3O2/c27-23(15-17-28-21-11-5-2-6-12-21)26-20-13-14-22(25-18-20)24-16-7-10-19-8-3-1-4-9-19/h1-6,8-9,11-14,18H,7,10,15-17H2,(H,24,25)(H,26,27). The highest BCUT2D eigenvalue weighted by molar-refractivity contribution is 5.90. The summed E-state index contributed by atoms with van der Waals surface area (Å²) < 4.78 is 5.53. The summed E-state index contributed by atoms with van der Waals surface area (Å²) >= 11 is 0. The molecule has 0 saturated carbocycles. The summed E-state index contributed by atoms with van der Waals surface area (Å²) in [6.45, 7) is 1.19. The number of hydrogen-bond acceptors (Lipinski definition) is 4. The molecule has 0 unspecified atom stereocenters. The van der Waals surface area contributed by atoms with E-state index in [1.54, 1.807) is 6.20 Å². The first kappa shape index (κ1) is 19.4. The van der Waals surface area contributed by atoms with Crippen molar-refractivity contribution in [2.45, 2.75) is 19.3 Å². The van der Waals surface area contributed by atoms with Gasteiger partial charge in [-0.05, 0) is 42.7 Å². The molecule has 0 atom stereocenters. The highest BCUT2D eigenvalue weighted by Crippen LogP contribution is 2.12. The number of ether oxygens (including phenoxy) is 1. The molecule has 0 radical (unpaired) electrons. The molecule has 0 aliphatic rings. The maximum atomic E-state index is 12.0. The van der Waals surface area contributed by atoms with Gasteiger partial charge in [0.1, 0.15) is 11.6 Å². The zero-order valence-corrected chi connectivity index (χ0v) is 15.8. The second-order valence-corrected chi connectivity index (χ2v) is 6.41. The Morgan fingerprint density at radius 3 is 2.39 bits per heavy atom. The normalized spacial score (nSPS) is 10.3. The SMILES string of the molecule is O=C(CCOc1ccccc1)Nc1ccc(NCCCc2ccccc2)nc1. The van der Waals surface area contributed by atoms with Crippen LogP contribution in [0.5, 0.6) is 5.75 Å². The molecule has 2 aromatic carbocycles. The van der Waals surface area contributed by atoms with E-state index in [2.05, 4.69) is 39.9 Å². The van der Waals surface area contributed by atoms with Crippen molar-refractivity contribution in [1.29, 1.82) is 0 Å². The first-order valence-electron chi connectivity index (χ1n) is 9.51. The molecule has 5 heteroatoms. The number of nitrogens with one attached hydrogen (secondary N) is 2. The van der Waals surface area contributed by atoms with E-state index in [-0.39, 0.29) is 12.3 Å². The predicted octanol–water partition coefficient (Wildman–Crippen LogP) is 4.53. The fraction of sp³-hybridized carbons (Fsp3) is 0.217. The van der Waals surface area contributed by atoms with Gasteiger partial charge in [-0.1, -0.05) is 48.5 Å². The lowest BCUT2D eigenvalue weighted by atomic mass is 10.1. The molecule has 1 aromatic heterocycles. The van der Waals surface area contributed by atoms with E-state index in [0.29, 0.717) is 12.3 Å². The maximum Gasteiger partial charge on any atom is 0.227 e. The second-order valence-electron chi connectivity index (χ2n) is 6.41. The molecule has 1 heterocycles. The number of amides is 1. The van der Waals surface area contributed by atoms with Crippen LogP contribution in [0, 0.1) is 0 Å². The zero-order valence-electron chi connectivity index (χ0n) is 15.8. The van der Waals surface area contributed by atoms with E-state index in [9.17, 15) is 4.79 Å². The Balaban J connectivity index is 1.33. The Kier molecular flexibility index (Phi) is 7.44. The predicted molar refractivity (Wildman–Crippen MR) is 113 cm³/mol. The van der Waals surface area contributed by atoms with E-state index >= 15 is 0 Å². The number of aromatic nitrogens is 1. The van der Waals surface area contributed by atoms with Gasteiger partial charge in [-0.15, -0.1) is 0 Å². The number of carbonyl (C=O) groups is 1. The quantitative estimate of drug-likeness (QED) is 0.511. The molecule has 1 amide bonds. The average Bonchev–Trinajstić information content (AvgIpc) is 2.74. The van der Waals surface area contributed by atoms with Gasteiger partial charge in [0, 0.05) is 6.54 Å². The van der Waals surface area contributed by atoms with Gasteiger partial charge in [0.05, 0.1) is 24.9 Å². The van der Waals surface area contributed by atoms with Crippen molar-refractivity contribution in [1.82, 2.24) is 4.98 Å². The molecule has 0 aliphatic carbocycles. The zero-order chi connectivity index (χ0) is 19.4. The Bertz CT molecular complexity index is 837. The summed E-state index contributed by atoms with van der Waals surface area (Å²) in [5, 5.41) is 6.14. The first-order valence-corrected chi connectivity index (χ1v) is 9.51. The van der Waals surface area contributed by atoms with E-state index in [1.165, 1.54) is 5.56 Å². The van der Waals surface area contributed by atoms with Crippen LogP contribution in [0.25, 0.3) is 0 Å². The number of carbonyl (C=O) groups excluding carboxylic acids is 1. The number of rotatable bonds is 10. The summed E-state index contributed by atoms with van der Waals surface area (Å²) in [7, 11) is 0. The lowest BCUT2D eigenvalue weighted by Crippen LogP contribution is -2.15. The number of aryl methyl sites for hydroxylation is 1. The third kappa shape index (κ3) is 6.76. The van der Waals surface area contributed by atoms with Crippen LogP contribution in [0.2, 0.25) is 0 Å².